The van der Waals surface area contributed by atoms with Crippen molar-refractivity contribution in [3.05, 3.63) is 41.5 Å². The standard InChI is InChI=1S/C17H22N4O5S/c1-21(2)27(23,24)14-5-3-13(4-6-14)17(22)18-11-15-19-16(20-26-15)12-7-9-25-10-8-12/h3-6,12H,7-11H2,1-2H3,(H,18,22). The van der Waals surface area contributed by atoms with Crippen molar-refractivity contribution in [1.29, 1.82) is 0 Å². The highest BCUT2D eigenvalue weighted by atomic mass is 32.2. The summed E-state index contributed by atoms with van der Waals surface area (Å²) < 4.78 is 35.7. The van der Waals surface area contributed by atoms with Crippen LogP contribution in [0.4, 0.5) is 0 Å². The molecule has 0 aliphatic carbocycles. The van der Waals surface area contributed by atoms with Gasteiger partial charge in [0.1, 0.15) is 0 Å². The summed E-state index contributed by atoms with van der Waals surface area (Å²) in [7, 11) is -0.617. The molecule has 1 aliphatic heterocycles. The van der Waals surface area contributed by atoms with Crippen molar-refractivity contribution in [3.63, 3.8) is 0 Å². The predicted molar refractivity (Wildman–Crippen MR) is 95.6 cm³/mol. The van der Waals surface area contributed by atoms with E-state index in [2.05, 4.69) is 15.5 Å². The van der Waals surface area contributed by atoms with E-state index < -0.39 is 10.0 Å². The number of hydrogen-bond donors (Lipinski definition) is 1. The minimum Gasteiger partial charge on any atom is -0.381 e. The number of carbonyl (C=O) groups is 1. The highest BCUT2D eigenvalue weighted by Crippen LogP contribution is 2.24. The highest BCUT2D eigenvalue weighted by Gasteiger charge is 2.22. The summed E-state index contributed by atoms with van der Waals surface area (Å²) in [5.74, 6) is 0.838. The molecular weight excluding hydrogens is 372 g/mol. The maximum Gasteiger partial charge on any atom is 0.251 e. The van der Waals surface area contributed by atoms with E-state index in [4.69, 9.17) is 9.26 Å². The van der Waals surface area contributed by atoms with Gasteiger partial charge in [-0.3, -0.25) is 4.79 Å². The predicted octanol–water partition coefficient (Wildman–Crippen LogP) is 1.14. The van der Waals surface area contributed by atoms with E-state index in [9.17, 15) is 13.2 Å². The molecule has 1 fully saturated rings. The third kappa shape index (κ3) is 4.52. The molecule has 2 aromatic rings. The first-order chi connectivity index (χ1) is 12.9. The number of ether oxygens (including phenoxy) is 1. The van der Waals surface area contributed by atoms with Gasteiger partial charge < -0.3 is 14.6 Å². The normalized spacial score (nSPS) is 15.8. The van der Waals surface area contributed by atoms with Crippen LogP contribution in [0.5, 0.6) is 0 Å². The van der Waals surface area contributed by atoms with Crippen LogP contribution >= 0.6 is 0 Å². The molecule has 0 radical (unpaired) electrons. The first kappa shape index (κ1) is 19.5. The molecule has 1 aromatic carbocycles. The Labute approximate surface area is 157 Å². The monoisotopic (exact) mass is 394 g/mol. The quantitative estimate of drug-likeness (QED) is 0.781. The zero-order chi connectivity index (χ0) is 19.4. The van der Waals surface area contributed by atoms with Gasteiger partial charge in [0.2, 0.25) is 15.9 Å². The number of nitrogens with one attached hydrogen (secondary N) is 1. The molecule has 2 heterocycles. The van der Waals surface area contributed by atoms with Gasteiger partial charge in [-0.15, -0.1) is 0 Å². The Morgan fingerprint density at radius 2 is 1.89 bits per heavy atom. The van der Waals surface area contributed by atoms with Crippen LogP contribution in [-0.4, -0.2) is 56.1 Å². The topological polar surface area (TPSA) is 115 Å². The number of amides is 1. The van der Waals surface area contributed by atoms with Crippen LogP contribution in [0.15, 0.2) is 33.7 Å². The van der Waals surface area contributed by atoms with Crippen LogP contribution in [0.3, 0.4) is 0 Å². The molecule has 0 saturated carbocycles. The molecule has 1 aliphatic rings. The summed E-state index contributed by atoms with van der Waals surface area (Å²) in [5, 5.41) is 6.67. The molecule has 10 heteroatoms. The number of carbonyl (C=O) groups excluding carboxylic acids is 1. The lowest BCUT2D eigenvalue weighted by Crippen LogP contribution is -2.24. The van der Waals surface area contributed by atoms with Gasteiger partial charge in [-0.25, -0.2) is 12.7 Å². The Balaban J connectivity index is 1.59. The number of sulfonamides is 1. The number of nitrogens with zero attached hydrogens (tertiary/aromatic N) is 3. The Morgan fingerprint density at radius 1 is 1.22 bits per heavy atom. The van der Waals surface area contributed by atoms with E-state index in [-0.39, 0.29) is 23.3 Å². The second-order valence-corrected chi connectivity index (χ2v) is 8.58. The lowest BCUT2D eigenvalue weighted by Gasteiger charge is -2.18. The summed E-state index contributed by atoms with van der Waals surface area (Å²) in [6.07, 6.45) is 1.71. The molecule has 27 heavy (non-hydrogen) atoms. The Kier molecular flexibility index (Phi) is 5.88. The van der Waals surface area contributed by atoms with E-state index in [0.29, 0.717) is 30.5 Å². The molecule has 3 rings (SSSR count). The fourth-order valence-corrected chi connectivity index (χ4v) is 3.61. The van der Waals surface area contributed by atoms with Crippen molar-refractivity contribution in [3.8, 4) is 0 Å². The summed E-state index contributed by atoms with van der Waals surface area (Å²) in [6.45, 7) is 1.47. The maximum absolute atomic E-state index is 12.2. The summed E-state index contributed by atoms with van der Waals surface area (Å²) in [6, 6.07) is 5.74. The fourth-order valence-electron chi connectivity index (χ4n) is 2.71. The zero-order valence-corrected chi connectivity index (χ0v) is 16.0. The van der Waals surface area contributed by atoms with E-state index in [1.165, 1.54) is 38.4 Å². The van der Waals surface area contributed by atoms with Crippen molar-refractivity contribution in [2.24, 2.45) is 0 Å². The molecule has 0 bridgehead atoms. The second-order valence-electron chi connectivity index (χ2n) is 6.43. The Morgan fingerprint density at radius 3 is 2.52 bits per heavy atom. The average Bonchev–Trinajstić information content (AvgIpc) is 3.16. The molecular formula is C17H22N4O5S. The molecule has 146 valence electrons. The van der Waals surface area contributed by atoms with Gasteiger partial charge in [-0.2, -0.15) is 4.98 Å². The molecule has 0 unspecified atom stereocenters. The summed E-state index contributed by atoms with van der Waals surface area (Å²) in [4.78, 5) is 16.7. The largest absolute Gasteiger partial charge is 0.381 e. The molecule has 1 saturated heterocycles. The first-order valence-electron chi connectivity index (χ1n) is 8.59. The average molecular weight is 394 g/mol. The van der Waals surface area contributed by atoms with E-state index in [0.717, 1.165) is 17.1 Å². The van der Waals surface area contributed by atoms with Gasteiger partial charge in [-0.05, 0) is 37.1 Å². The molecule has 1 N–H and O–H groups in total. The van der Waals surface area contributed by atoms with Gasteiger partial charge in [-0.1, -0.05) is 5.16 Å². The van der Waals surface area contributed by atoms with Gasteiger partial charge >= 0.3 is 0 Å². The lowest BCUT2D eigenvalue weighted by molar-refractivity contribution is 0.0830. The fraction of sp³-hybridized carbons (Fsp3) is 0.471. The van der Waals surface area contributed by atoms with Crippen LogP contribution < -0.4 is 5.32 Å². The van der Waals surface area contributed by atoms with Crippen LogP contribution in [0, 0.1) is 0 Å². The van der Waals surface area contributed by atoms with Gasteiger partial charge in [0, 0.05) is 38.8 Å². The SMILES string of the molecule is CN(C)S(=O)(=O)c1ccc(C(=O)NCc2nc(C3CCOCC3)no2)cc1. The molecule has 1 aromatic heterocycles. The zero-order valence-electron chi connectivity index (χ0n) is 15.2. The van der Waals surface area contributed by atoms with Crippen molar-refractivity contribution < 1.29 is 22.5 Å². The number of aromatic nitrogens is 2. The van der Waals surface area contributed by atoms with E-state index in [1.807, 2.05) is 0 Å². The third-order valence-electron chi connectivity index (χ3n) is 4.37. The van der Waals surface area contributed by atoms with E-state index in [1.54, 1.807) is 0 Å². The van der Waals surface area contributed by atoms with Crippen LogP contribution in [0.2, 0.25) is 0 Å². The third-order valence-corrected chi connectivity index (χ3v) is 6.19. The van der Waals surface area contributed by atoms with Gasteiger partial charge in [0.05, 0.1) is 11.4 Å². The Bertz CT molecular complexity index is 886. The highest BCUT2D eigenvalue weighted by molar-refractivity contribution is 7.89. The molecule has 0 spiro atoms. The van der Waals surface area contributed by atoms with Gasteiger partial charge in [0.15, 0.2) is 5.82 Å². The molecule has 0 atom stereocenters. The lowest BCUT2D eigenvalue weighted by atomic mass is 10.00. The van der Waals surface area contributed by atoms with Crippen LogP contribution in [0.1, 0.15) is 40.8 Å². The van der Waals surface area contributed by atoms with Crippen LogP contribution in [-0.2, 0) is 21.3 Å². The smallest absolute Gasteiger partial charge is 0.251 e. The molecule has 9 nitrogen and oxygen atoms in total. The minimum atomic E-state index is -3.52. The van der Waals surface area contributed by atoms with Crippen molar-refractivity contribution in [1.82, 2.24) is 19.8 Å². The summed E-state index contributed by atoms with van der Waals surface area (Å²) in [5.41, 5.74) is 0.344. The Hall–Kier alpha value is -2.30. The summed E-state index contributed by atoms with van der Waals surface area (Å²) >= 11 is 0. The van der Waals surface area contributed by atoms with Crippen LogP contribution in [0.25, 0.3) is 0 Å². The number of benzene rings is 1. The molecule has 1 amide bonds. The van der Waals surface area contributed by atoms with E-state index >= 15 is 0 Å². The maximum atomic E-state index is 12.2. The second kappa shape index (κ2) is 8.15. The van der Waals surface area contributed by atoms with Crippen molar-refractivity contribution >= 4 is 15.9 Å². The van der Waals surface area contributed by atoms with Gasteiger partial charge in [0.25, 0.3) is 5.91 Å². The first-order valence-corrected chi connectivity index (χ1v) is 10.0. The number of rotatable bonds is 6. The number of hydrogen-bond acceptors (Lipinski definition) is 7. The van der Waals surface area contributed by atoms with Crippen molar-refractivity contribution in [2.75, 3.05) is 27.3 Å². The van der Waals surface area contributed by atoms with Crippen molar-refractivity contribution in [2.45, 2.75) is 30.2 Å². The minimum absolute atomic E-state index is 0.104.